The minimum Gasteiger partial charge on any atom is -0.316 e. The Labute approximate surface area is 106 Å². The average molecular weight is 297 g/mol. The monoisotopic (exact) mass is 297 g/mol. The lowest BCUT2D eigenvalue weighted by atomic mass is 10.0. The molecule has 1 aromatic carbocycles. The molecular weight excluding hydrogens is 294 g/mol. The highest BCUT2D eigenvalue weighted by atomic mass is 19.4. The molecule has 0 saturated carbocycles. The number of anilines is 1. The van der Waals surface area contributed by atoms with Gasteiger partial charge in [-0.25, -0.2) is 5.32 Å². The van der Waals surface area contributed by atoms with E-state index in [1.165, 1.54) is 0 Å². The Kier molecular flexibility index (Phi) is 2.91. The van der Waals surface area contributed by atoms with Gasteiger partial charge in [-0.05, 0) is 12.1 Å². The van der Waals surface area contributed by atoms with E-state index in [4.69, 9.17) is 0 Å². The molecule has 1 aliphatic rings. The van der Waals surface area contributed by atoms with Crippen LogP contribution in [0.2, 0.25) is 0 Å². The summed E-state index contributed by atoms with van der Waals surface area (Å²) >= 11 is 0. The quantitative estimate of drug-likeness (QED) is 0.590. The van der Waals surface area contributed by atoms with Crippen LogP contribution in [0.15, 0.2) is 12.1 Å². The van der Waals surface area contributed by atoms with Crippen LogP contribution < -0.4 is 10.6 Å². The molecule has 2 amide bonds. The van der Waals surface area contributed by atoms with E-state index >= 15 is 0 Å². The molecule has 4 nitrogen and oxygen atoms in total. The Balaban J connectivity index is 2.70. The van der Waals surface area contributed by atoms with Crippen molar-refractivity contribution in [3.63, 3.8) is 0 Å². The number of amides is 2. The molecule has 0 unspecified atom stereocenters. The van der Waals surface area contributed by atoms with Crippen LogP contribution in [0.1, 0.15) is 11.1 Å². The van der Waals surface area contributed by atoms with Gasteiger partial charge in [0.2, 0.25) is 0 Å². The zero-order chi connectivity index (χ0) is 15.3. The molecule has 10 heteroatoms. The van der Waals surface area contributed by atoms with E-state index in [2.05, 4.69) is 5.32 Å². The fourth-order valence-electron chi connectivity index (χ4n) is 1.56. The van der Waals surface area contributed by atoms with Gasteiger partial charge in [0.05, 0.1) is 16.8 Å². The zero-order valence-electron chi connectivity index (χ0n) is 9.19. The molecule has 0 spiro atoms. The number of hydrogen-bond donors (Lipinski definition) is 1. The summed E-state index contributed by atoms with van der Waals surface area (Å²) in [4.78, 5) is 21.9. The van der Waals surface area contributed by atoms with Crippen LogP contribution in [0.5, 0.6) is 0 Å². The topological polar surface area (TPSA) is 60.3 Å². The second-order valence-corrected chi connectivity index (χ2v) is 3.79. The molecule has 1 heterocycles. The summed E-state index contributed by atoms with van der Waals surface area (Å²) in [5, 5.41) is 4.53. The number of nitrogens with zero attached hydrogens (tertiary/aromatic N) is 1. The molecule has 2 rings (SSSR count). The predicted molar refractivity (Wildman–Crippen MR) is 51.9 cm³/mol. The molecule has 0 fully saturated rings. The highest BCUT2D eigenvalue weighted by Gasteiger charge is 2.42. The summed E-state index contributed by atoms with van der Waals surface area (Å²) in [6.07, 6.45) is -10.2. The van der Waals surface area contributed by atoms with E-state index in [1.807, 2.05) is 0 Å². The number of nitrogens with one attached hydrogen (secondary N) is 1. The van der Waals surface area contributed by atoms with Gasteiger partial charge in [-0.3, -0.25) is 9.59 Å². The van der Waals surface area contributed by atoms with Crippen LogP contribution in [-0.4, -0.2) is 11.8 Å². The van der Waals surface area contributed by atoms with Gasteiger partial charge in [0, 0.05) is 0 Å². The predicted octanol–water partition coefficient (Wildman–Crippen LogP) is 2.44. The van der Waals surface area contributed by atoms with Crippen LogP contribution in [0.25, 0.3) is 0 Å². The van der Waals surface area contributed by atoms with Crippen LogP contribution in [-0.2, 0) is 21.9 Å². The van der Waals surface area contributed by atoms with Crippen molar-refractivity contribution in [3.05, 3.63) is 23.3 Å². The summed E-state index contributed by atoms with van der Waals surface area (Å²) in [5.74, 6) is -2.91. The summed E-state index contributed by atoms with van der Waals surface area (Å²) in [7, 11) is 0. The summed E-state index contributed by atoms with van der Waals surface area (Å²) < 4.78 is 75.7. The molecule has 20 heavy (non-hydrogen) atoms. The molecule has 107 valence electrons. The number of carbonyl (C=O) groups excluding carboxylic acids is 2. The van der Waals surface area contributed by atoms with Crippen molar-refractivity contribution < 1.29 is 35.9 Å². The third-order valence-electron chi connectivity index (χ3n) is 2.40. The second kappa shape index (κ2) is 4.12. The lowest BCUT2D eigenvalue weighted by molar-refractivity contribution is -0.143. The van der Waals surface area contributed by atoms with Crippen molar-refractivity contribution in [2.24, 2.45) is 0 Å². The van der Waals surface area contributed by atoms with Crippen LogP contribution >= 0.6 is 0 Å². The highest BCUT2D eigenvalue weighted by Crippen LogP contribution is 2.44. The second-order valence-electron chi connectivity index (χ2n) is 3.79. The standard InChI is InChI=1S/C10H3F6N2O2/c11-9(12,13)3-1-4(10(14,15)16)6-5(2-3)17-7(19)8(20)18-6/h1-2H,(H,17,19). The van der Waals surface area contributed by atoms with E-state index in [0.717, 1.165) is 0 Å². The number of benzene rings is 1. The molecule has 0 aromatic heterocycles. The molecule has 1 N–H and O–H groups in total. The van der Waals surface area contributed by atoms with Crippen molar-refractivity contribution in [1.29, 1.82) is 0 Å². The Morgan fingerprint density at radius 2 is 1.55 bits per heavy atom. The Hall–Kier alpha value is -2.26. The molecular formula is C10H3F6N2O2. The SMILES string of the molecule is O=C1[N]c2c(cc(C(F)(F)F)cc2C(F)(F)F)NC1=O. The summed E-state index contributed by atoms with van der Waals surface area (Å²) in [6.45, 7) is 0. The van der Waals surface area contributed by atoms with Gasteiger partial charge in [0.1, 0.15) is 5.69 Å². The molecule has 0 bridgehead atoms. The maximum atomic E-state index is 12.7. The molecule has 0 saturated heterocycles. The average Bonchev–Trinajstić information content (AvgIpc) is 2.26. The largest absolute Gasteiger partial charge is 0.418 e. The first kappa shape index (κ1) is 14.2. The number of hydrogen-bond acceptors (Lipinski definition) is 2. The Bertz CT molecular complexity index is 605. The lowest BCUT2D eigenvalue weighted by Crippen LogP contribution is -2.35. The van der Waals surface area contributed by atoms with E-state index in [0.29, 0.717) is 6.07 Å². The smallest absolute Gasteiger partial charge is 0.316 e. The minimum absolute atomic E-state index is 0.160. The van der Waals surface area contributed by atoms with E-state index < -0.39 is 46.7 Å². The van der Waals surface area contributed by atoms with E-state index in [9.17, 15) is 35.9 Å². The molecule has 1 aromatic rings. The van der Waals surface area contributed by atoms with Crippen LogP contribution in [0.3, 0.4) is 0 Å². The van der Waals surface area contributed by atoms with Gasteiger partial charge < -0.3 is 5.32 Å². The lowest BCUT2D eigenvalue weighted by Gasteiger charge is -2.21. The van der Waals surface area contributed by atoms with E-state index in [1.54, 1.807) is 5.32 Å². The maximum absolute atomic E-state index is 12.7. The van der Waals surface area contributed by atoms with E-state index in [-0.39, 0.29) is 6.07 Å². The number of alkyl halides is 6. The molecule has 1 radical (unpaired) electrons. The normalized spacial score (nSPS) is 15.5. The number of fused-ring (bicyclic) bond motifs is 1. The Morgan fingerprint density at radius 1 is 0.950 bits per heavy atom. The summed E-state index contributed by atoms with van der Waals surface area (Å²) in [5.41, 5.74) is -5.18. The van der Waals surface area contributed by atoms with Crippen molar-refractivity contribution in [1.82, 2.24) is 5.32 Å². The van der Waals surface area contributed by atoms with Gasteiger partial charge in [-0.1, -0.05) is 0 Å². The first-order valence-electron chi connectivity index (χ1n) is 4.89. The van der Waals surface area contributed by atoms with Crippen LogP contribution in [0, 0.1) is 0 Å². The fourth-order valence-corrected chi connectivity index (χ4v) is 1.56. The van der Waals surface area contributed by atoms with Gasteiger partial charge in [0.15, 0.2) is 0 Å². The van der Waals surface area contributed by atoms with Gasteiger partial charge in [0.25, 0.3) is 0 Å². The highest BCUT2D eigenvalue weighted by molar-refractivity contribution is 6.42. The Morgan fingerprint density at radius 3 is 2.05 bits per heavy atom. The molecule has 0 aliphatic carbocycles. The van der Waals surface area contributed by atoms with Crippen molar-refractivity contribution >= 4 is 23.2 Å². The first-order chi connectivity index (χ1) is 9.00. The van der Waals surface area contributed by atoms with Crippen molar-refractivity contribution in [3.8, 4) is 0 Å². The molecule has 1 aliphatic heterocycles. The van der Waals surface area contributed by atoms with Gasteiger partial charge in [-0.2, -0.15) is 26.3 Å². The number of halogens is 6. The van der Waals surface area contributed by atoms with Gasteiger partial charge in [-0.15, -0.1) is 0 Å². The zero-order valence-corrected chi connectivity index (χ0v) is 9.19. The minimum atomic E-state index is -5.16. The van der Waals surface area contributed by atoms with Crippen molar-refractivity contribution in [2.45, 2.75) is 12.4 Å². The van der Waals surface area contributed by atoms with Crippen molar-refractivity contribution in [2.75, 3.05) is 5.32 Å². The number of rotatable bonds is 0. The number of carbonyl (C=O) groups is 2. The third kappa shape index (κ3) is 2.40. The third-order valence-corrected chi connectivity index (χ3v) is 2.40. The first-order valence-corrected chi connectivity index (χ1v) is 4.89. The molecule has 0 atom stereocenters. The summed E-state index contributed by atoms with van der Waals surface area (Å²) in [6, 6.07) is 0.130. The fraction of sp³-hybridized carbons (Fsp3) is 0.200. The van der Waals surface area contributed by atoms with Gasteiger partial charge >= 0.3 is 24.2 Å². The van der Waals surface area contributed by atoms with Crippen LogP contribution in [0.4, 0.5) is 37.7 Å². The maximum Gasteiger partial charge on any atom is 0.418 e.